The van der Waals surface area contributed by atoms with Crippen molar-refractivity contribution >= 4 is 11.8 Å². The zero-order valence-electron chi connectivity index (χ0n) is 9.48. The van der Waals surface area contributed by atoms with E-state index in [0.717, 1.165) is 17.5 Å². The molecule has 0 spiro atoms. The number of hydrogen-bond donors (Lipinski definition) is 2. The van der Waals surface area contributed by atoms with E-state index >= 15 is 0 Å². The van der Waals surface area contributed by atoms with Gasteiger partial charge in [0.25, 0.3) is 0 Å². The lowest BCUT2D eigenvalue weighted by Crippen LogP contribution is -2.01. The molecule has 1 aliphatic carbocycles. The fraction of sp³-hybridized carbons (Fsp3) is 0.231. The molecule has 1 aliphatic rings. The second-order valence-corrected chi connectivity index (χ2v) is 4.36. The molecule has 0 aliphatic heterocycles. The van der Waals surface area contributed by atoms with E-state index in [1.807, 2.05) is 0 Å². The van der Waals surface area contributed by atoms with E-state index in [0.29, 0.717) is 5.82 Å². The zero-order valence-corrected chi connectivity index (χ0v) is 9.48. The Bertz CT molecular complexity index is 578. The number of nitrogens with zero attached hydrogens (tertiary/aromatic N) is 2. The van der Waals surface area contributed by atoms with Crippen LogP contribution in [0.1, 0.15) is 17.5 Å². The summed E-state index contributed by atoms with van der Waals surface area (Å²) in [4.78, 5) is 7.98. The number of benzene rings is 1. The van der Waals surface area contributed by atoms with E-state index in [9.17, 15) is 0 Å². The molecule has 1 aromatic carbocycles. The van der Waals surface area contributed by atoms with Crippen LogP contribution in [0.2, 0.25) is 0 Å². The molecular formula is C13H14N4. The van der Waals surface area contributed by atoms with Crippen molar-refractivity contribution in [1.29, 1.82) is 0 Å². The molecule has 86 valence electrons. The molecule has 0 saturated heterocycles. The summed E-state index contributed by atoms with van der Waals surface area (Å²) in [6, 6.07) is 6.44. The largest absolute Gasteiger partial charge is 0.383 e. The summed E-state index contributed by atoms with van der Waals surface area (Å²) in [5.74, 6) is 0.655. The second kappa shape index (κ2) is 3.73. The number of anilines is 2. The second-order valence-electron chi connectivity index (χ2n) is 4.36. The Labute approximate surface area is 99.7 Å². The number of aryl methyl sites for hydroxylation is 2. The third-order valence-corrected chi connectivity index (χ3v) is 3.25. The van der Waals surface area contributed by atoms with Crippen LogP contribution < -0.4 is 11.5 Å². The van der Waals surface area contributed by atoms with Crippen LogP contribution in [0.15, 0.2) is 24.4 Å². The van der Waals surface area contributed by atoms with Crippen molar-refractivity contribution in [3.05, 3.63) is 35.5 Å². The minimum Gasteiger partial charge on any atom is -0.383 e. The van der Waals surface area contributed by atoms with Crippen LogP contribution in [0, 0.1) is 0 Å². The fourth-order valence-corrected chi connectivity index (χ4v) is 2.37. The Morgan fingerprint density at radius 1 is 1.06 bits per heavy atom. The van der Waals surface area contributed by atoms with Gasteiger partial charge in [0.05, 0.1) is 0 Å². The zero-order chi connectivity index (χ0) is 11.8. The fourth-order valence-electron chi connectivity index (χ4n) is 2.37. The topological polar surface area (TPSA) is 77.8 Å². The summed E-state index contributed by atoms with van der Waals surface area (Å²) in [6.45, 7) is 0. The maximum atomic E-state index is 5.87. The number of aromatic nitrogens is 2. The highest BCUT2D eigenvalue weighted by Gasteiger charge is 2.13. The predicted octanol–water partition coefficient (Wildman–Crippen LogP) is 1.80. The quantitative estimate of drug-likeness (QED) is 0.777. The first kappa shape index (κ1) is 10.1. The number of fused-ring (bicyclic) bond motifs is 1. The maximum Gasteiger partial charge on any atom is 0.221 e. The molecule has 0 fully saturated rings. The third kappa shape index (κ3) is 1.71. The molecule has 1 aromatic heterocycles. The average molecular weight is 226 g/mol. The normalized spacial score (nSPS) is 13.6. The van der Waals surface area contributed by atoms with E-state index < -0.39 is 0 Å². The molecule has 4 N–H and O–H groups in total. The minimum absolute atomic E-state index is 0.215. The smallest absolute Gasteiger partial charge is 0.221 e. The van der Waals surface area contributed by atoms with Crippen LogP contribution >= 0.6 is 0 Å². The minimum atomic E-state index is 0.215. The van der Waals surface area contributed by atoms with Crippen molar-refractivity contribution in [2.45, 2.75) is 19.3 Å². The van der Waals surface area contributed by atoms with E-state index in [4.69, 9.17) is 11.5 Å². The first-order chi connectivity index (χ1) is 8.24. The van der Waals surface area contributed by atoms with Gasteiger partial charge in [-0.05, 0) is 36.0 Å². The van der Waals surface area contributed by atoms with E-state index in [1.165, 1.54) is 24.0 Å². The standard InChI is InChI=1S/C13H14N4/c14-12-11(7-16-13(15)17-12)10-5-4-8-2-1-3-9(8)6-10/h4-7H,1-3H2,(H4,14,15,16,17). The number of rotatable bonds is 1. The van der Waals surface area contributed by atoms with Crippen LogP contribution in [-0.2, 0) is 12.8 Å². The lowest BCUT2D eigenvalue weighted by molar-refractivity contribution is 0.912. The molecule has 0 amide bonds. The van der Waals surface area contributed by atoms with Gasteiger partial charge in [0.2, 0.25) is 5.95 Å². The van der Waals surface area contributed by atoms with Crippen molar-refractivity contribution in [3.8, 4) is 11.1 Å². The van der Waals surface area contributed by atoms with Gasteiger partial charge < -0.3 is 11.5 Å². The Kier molecular flexibility index (Phi) is 2.21. The summed E-state index contributed by atoms with van der Waals surface area (Å²) < 4.78 is 0. The van der Waals surface area contributed by atoms with E-state index in [-0.39, 0.29) is 5.95 Å². The van der Waals surface area contributed by atoms with Gasteiger partial charge in [0.15, 0.2) is 0 Å². The third-order valence-electron chi connectivity index (χ3n) is 3.25. The van der Waals surface area contributed by atoms with Crippen molar-refractivity contribution in [2.24, 2.45) is 0 Å². The van der Waals surface area contributed by atoms with Crippen molar-refractivity contribution in [1.82, 2.24) is 9.97 Å². The van der Waals surface area contributed by atoms with Gasteiger partial charge in [0.1, 0.15) is 5.82 Å². The van der Waals surface area contributed by atoms with Crippen LogP contribution in [-0.4, -0.2) is 9.97 Å². The monoisotopic (exact) mass is 226 g/mol. The molecule has 4 heteroatoms. The molecule has 0 atom stereocenters. The van der Waals surface area contributed by atoms with Gasteiger partial charge in [-0.25, -0.2) is 4.98 Å². The summed E-state index contributed by atoms with van der Waals surface area (Å²) >= 11 is 0. The van der Waals surface area contributed by atoms with Gasteiger partial charge in [-0.15, -0.1) is 0 Å². The van der Waals surface area contributed by atoms with Gasteiger partial charge in [-0.2, -0.15) is 4.98 Å². The lowest BCUT2D eigenvalue weighted by Gasteiger charge is -2.07. The average Bonchev–Trinajstić information content (AvgIpc) is 2.75. The summed E-state index contributed by atoms with van der Waals surface area (Å²) in [5.41, 5.74) is 16.2. The number of nitrogens with two attached hydrogens (primary N) is 2. The van der Waals surface area contributed by atoms with E-state index in [1.54, 1.807) is 6.20 Å². The van der Waals surface area contributed by atoms with Gasteiger partial charge >= 0.3 is 0 Å². The van der Waals surface area contributed by atoms with Crippen molar-refractivity contribution in [3.63, 3.8) is 0 Å². The summed E-state index contributed by atoms with van der Waals surface area (Å²) in [6.07, 6.45) is 5.27. The van der Waals surface area contributed by atoms with Crippen LogP contribution in [0.5, 0.6) is 0 Å². The molecule has 1 heterocycles. The SMILES string of the molecule is Nc1ncc(-c2ccc3c(c2)CCC3)c(N)n1. The van der Waals surface area contributed by atoms with Crippen LogP contribution in [0.4, 0.5) is 11.8 Å². The Balaban J connectivity index is 2.09. The van der Waals surface area contributed by atoms with Gasteiger partial charge in [0, 0.05) is 11.8 Å². The molecule has 0 radical (unpaired) electrons. The highest BCUT2D eigenvalue weighted by molar-refractivity contribution is 5.74. The van der Waals surface area contributed by atoms with Crippen molar-refractivity contribution in [2.75, 3.05) is 11.5 Å². The molecular weight excluding hydrogens is 212 g/mol. The summed E-state index contributed by atoms with van der Waals surface area (Å²) in [5, 5.41) is 0. The first-order valence-corrected chi connectivity index (χ1v) is 5.74. The molecule has 3 rings (SSSR count). The van der Waals surface area contributed by atoms with Crippen molar-refractivity contribution < 1.29 is 0 Å². The maximum absolute atomic E-state index is 5.87. The molecule has 2 aromatic rings. The highest BCUT2D eigenvalue weighted by atomic mass is 15.0. The molecule has 4 nitrogen and oxygen atoms in total. The lowest BCUT2D eigenvalue weighted by atomic mass is 10.0. The Hall–Kier alpha value is -2.10. The summed E-state index contributed by atoms with van der Waals surface area (Å²) in [7, 11) is 0. The van der Waals surface area contributed by atoms with Gasteiger partial charge in [-0.1, -0.05) is 18.2 Å². The first-order valence-electron chi connectivity index (χ1n) is 5.74. The Morgan fingerprint density at radius 2 is 1.88 bits per heavy atom. The Morgan fingerprint density at radius 3 is 2.71 bits per heavy atom. The molecule has 0 saturated carbocycles. The highest BCUT2D eigenvalue weighted by Crippen LogP contribution is 2.29. The van der Waals surface area contributed by atoms with Crippen LogP contribution in [0.3, 0.4) is 0 Å². The molecule has 0 unspecified atom stereocenters. The number of nitrogen functional groups attached to an aromatic ring is 2. The number of hydrogen-bond acceptors (Lipinski definition) is 4. The van der Waals surface area contributed by atoms with Crippen LogP contribution in [0.25, 0.3) is 11.1 Å². The van der Waals surface area contributed by atoms with E-state index in [2.05, 4.69) is 28.2 Å². The molecule has 17 heavy (non-hydrogen) atoms. The molecule has 0 bridgehead atoms. The van der Waals surface area contributed by atoms with Gasteiger partial charge in [-0.3, -0.25) is 0 Å². The predicted molar refractivity (Wildman–Crippen MR) is 68.3 cm³/mol.